The number of amides is 1. The summed E-state index contributed by atoms with van der Waals surface area (Å²) >= 11 is 0. The Morgan fingerprint density at radius 3 is 2.75 bits per heavy atom. The van der Waals surface area contributed by atoms with Crippen molar-refractivity contribution in [3.8, 4) is 5.75 Å². The molecule has 2 rings (SSSR count). The van der Waals surface area contributed by atoms with Crippen molar-refractivity contribution in [2.75, 3.05) is 26.0 Å². The maximum Gasteiger partial charge on any atom is 0.272 e. The van der Waals surface area contributed by atoms with Gasteiger partial charge in [0.2, 0.25) is 0 Å². The normalized spacial score (nSPS) is 10.3. The van der Waals surface area contributed by atoms with Gasteiger partial charge in [-0.3, -0.25) is 4.79 Å². The molecule has 0 aliphatic heterocycles. The quantitative estimate of drug-likeness (QED) is 0.843. The third kappa shape index (κ3) is 4.44. The van der Waals surface area contributed by atoms with Crippen LogP contribution in [0.15, 0.2) is 30.3 Å². The van der Waals surface area contributed by atoms with Gasteiger partial charge in [0, 0.05) is 19.7 Å². The molecule has 0 bridgehead atoms. The number of hydrogen-bond acceptors (Lipinski definition) is 5. The van der Waals surface area contributed by atoms with Crippen LogP contribution in [0.3, 0.4) is 0 Å². The van der Waals surface area contributed by atoms with Crippen LogP contribution in [0.4, 0.5) is 11.5 Å². The Labute approximate surface area is 142 Å². The number of nitrogens with one attached hydrogen (secondary N) is 1. The molecule has 0 saturated carbocycles. The minimum absolute atomic E-state index is 0.1000. The highest BCUT2D eigenvalue weighted by Crippen LogP contribution is 2.26. The summed E-state index contributed by atoms with van der Waals surface area (Å²) < 4.78 is 5.33. The summed E-state index contributed by atoms with van der Waals surface area (Å²) in [6.45, 7) is 4.59. The van der Waals surface area contributed by atoms with Crippen molar-refractivity contribution in [3.05, 3.63) is 41.9 Å². The van der Waals surface area contributed by atoms with Crippen molar-refractivity contribution < 1.29 is 9.53 Å². The minimum Gasteiger partial charge on any atom is -0.495 e. The number of hydrogen-bond donors (Lipinski definition) is 1. The fourth-order valence-electron chi connectivity index (χ4n) is 2.32. The zero-order valence-electron chi connectivity index (χ0n) is 14.7. The summed E-state index contributed by atoms with van der Waals surface area (Å²) in [6, 6.07) is 9.23. The van der Waals surface area contributed by atoms with Crippen LogP contribution in [0.5, 0.6) is 5.75 Å². The van der Waals surface area contributed by atoms with E-state index in [0.717, 1.165) is 18.5 Å². The molecule has 0 radical (unpaired) electrons. The number of unbranched alkanes of at least 4 members (excludes halogenated alkanes) is 1. The first-order valence-electron chi connectivity index (χ1n) is 8.06. The molecule has 0 aliphatic carbocycles. The maximum atomic E-state index is 12.5. The molecule has 6 nitrogen and oxygen atoms in total. The van der Waals surface area contributed by atoms with Crippen molar-refractivity contribution in [2.45, 2.75) is 26.7 Å². The molecule has 1 N–H and O–H groups in total. The van der Waals surface area contributed by atoms with Gasteiger partial charge in [0.1, 0.15) is 23.1 Å². The van der Waals surface area contributed by atoms with E-state index >= 15 is 0 Å². The highest BCUT2D eigenvalue weighted by atomic mass is 16.5. The van der Waals surface area contributed by atoms with Crippen molar-refractivity contribution in [3.63, 3.8) is 0 Å². The SMILES string of the molecule is CCCCN(C)C(=O)c1cc(Nc2ccccc2OC)nc(C)n1. The summed E-state index contributed by atoms with van der Waals surface area (Å²) in [5, 5.41) is 3.19. The molecule has 0 aliphatic rings. The standard InChI is InChI=1S/C18H24N4O2/c1-5-6-11-22(3)18(23)15-12-17(20-13(2)19-15)21-14-9-7-8-10-16(14)24-4/h7-10,12H,5-6,11H2,1-4H3,(H,19,20,21). The fraction of sp³-hybridized carbons (Fsp3) is 0.389. The predicted octanol–water partition coefficient (Wildman–Crippen LogP) is 3.41. The van der Waals surface area contributed by atoms with Crippen LogP contribution in [0.25, 0.3) is 0 Å². The highest BCUT2D eigenvalue weighted by molar-refractivity contribution is 5.93. The van der Waals surface area contributed by atoms with E-state index in [0.29, 0.717) is 29.6 Å². The molecule has 24 heavy (non-hydrogen) atoms. The Balaban J connectivity index is 2.23. The van der Waals surface area contributed by atoms with Gasteiger partial charge in [-0.15, -0.1) is 0 Å². The van der Waals surface area contributed by atoms with E-state index in [9.17, 15) is 4.79 Å². The van der Waals surface area contributed by atoms with Crippen LogP contribution >= 0.6 is 0 Å². The number of methoxy groups -OCH3 is 1. The van der Waals surface area contributed by atoms with Crippen molar-refractivity contribution in [1.29, 1.82) is 0 Å². The maximum absolute atomic E-state index is 12.5. The Kier molecular flexibility index (Phi) is 6.12. The van der Waals surface area contributed by atoms with E-state index in [4.69, 9.17) is 4.74 Å². The van der Waals surface area contributed by atoms with E-state index in [1.54, 1.807) is 32.0 Å². The van der Waals surface area contributed by atoms with Crippen LogP contribution in [-0.2, 0) is 0 Å². The van der Waals surface area contributed by atoms with Gasteiger partial charge in [-0.25, -0.2) is 9.97 Å². The topological polar surface area (TPSA) is 67.4 Å². The van der Waals surface area contributed by atoms with Crippen LogP contribution in [0, 0.1) is 6.92 Å². The Morgan fingerprint density at radius 2 is 2.04 bits per heavy atom. The highest BCUT2D eigenvalue weighted by Gasteiger charge is 2.15. The number of carbonyl (C=O) groups is 1. The molecule has 6 heteroatoms. The smallest absolute Gasteiger partial charge is 0.272 e. The molecule has 0 unspecified atom stereocenters. The molecule has 128 valence electrons. The van der Waals surface area contributed by atoms with E-state index in [1.165, 1.54) is 0 Å². The molecule has 2 aromatic rings. The molecule has 1 aromatic carbocycles. The van der Waals surface area contributed by atoms with Gasteiger partial charge in [0.15, 0.2) is 0 Å². The van der Waals surface area contributed by atoms with Gasteiger partial charge in [-0.1, -0.05) is 25.5 Å². The number of rotatable bonds is 7. The van der Waals surface area contributed by atoms with Gasteiger partial charge in [0.25, 0.3) is 5.91 Å². The fourth-order valence-corrected chi connectivity index (χ4v) is 2.32. The largest absolute Gasteiger partial charge is 0.495 e. The molecule has 1 aromatic heterocycles. The van der Waals surface area contributed by atoms with Gasteiger partial charge >= 0.3 is 0 Å². The first-order chi connectivity index (χ1) is 11.5. The molecule has 0 fully saturated rings. The van der Waals surface area contributed by atoms with Gasteiger partial charge < -0.3 is 15.0 Å². The number of aromatic nitrogens is 2. The summed E-state index contributed by atoms with van der Waals surface area (Å²) in [7, 11) is 3.41. The summed E-state index contributed by atoms with van der Waals surface area (Å²) in [5.41, 5.74) is 1.18. The summed E-state index contributed by atoms with van der Waals surface area (Å²) in [4.78, 5) is 22.8. The Bertz CT molecular complexity index is 703. The second-order valence-corrected chi connectivity index (χ2v) is 5.59. The molecular formula is C18H24N4O2. The zero-order valence-corrected chi connectivity index (χ0v) is 14.7. The molecular weight excluding hydrogens is 304 g/mol. The molecule has 1 heterocycles. The molecule has 1 amide bonds. The van der Waals surface area contributed by atoms with Gasteiger partial charge in [0.05, 0.1) is 12.8 Å². The molecule has 0 spiro atoms. The lowest BCUT2D eigenvalue weighted by molar-refractivity contribution is 0.0787. The lowest BCUT2D eigenvalue weighted by Crippen LogP contribution is -2.28. The van der Waals surface area contributed by atoms with E-state index < -0.39 is 0 Å². The second-order valence-electron chi connectivity index (χ2n) is 5.59. The number of aryl methyl sites for hydroxylation is 1. The average Bonchev–Trinajstić information content (AvgIpc) is 2.59. The lowest BCUT2D eigenvalue weighted by Gasteiger charge is -2.17. The van der Waals surface area contributed by atoms with Crippen molar-refractivity contribution in [2.24, 2.45) is 0 Å². The van der Waals surface area contributed by atoms with Gasteiger partial charge in [-0.2, -0.15) is 0 Å². The number of anilines is 2. The van der Waals surface area contributed by atoms with Crippen LogP contribution in [0.1, 0.15) is 36.1 Å². The Morgan fingerprint density at radius 1 is 1.29 bits per heavy atom. The van der Waals surface area contributed by atoms with Crippen molar-refractivity contribution in [1.82, 2.24) is 14.9 Å². The number of carbonyl (C=O) groups excluding carboxylic acids is 1. The first kappa shape index (κ1) is 17.7. The second kappa shape index (κ2) is 8.29. The van der Waals surface area contributed by atoms with Gasteiger partial charge in [-0.05, 0) is 25.5 Å². The van der Waals surface area contributed by atoms with Crippen LogP contribution in [0.2, 0.25) is 0 Å². The number of nitrogens with zero attached hydrogens (tertiary/aromatic N) is 3. The number of benzene rings is 1. The minimum atomic E-state index is -0.1000. The van der Waals surface area contributed by atoms with E-state index in [2.05, 4.69) is 22.2 Å². The summed E-state index contributed by atoms with van der Waals surface area (Å²) in [5.74, 6) is 1.72. The Hall–Kier alpha value is -2.63. The third-order valence-electron chi connectivity index (χ3n) is 3.62. The summed E-state index contributed by atoms with van der Waals surface area (Å²) in [6.07, 6.45) is 2.01. The first-order valence-corrected chi connectivity index (χ1v) is 8.06. The van der Waals surface area contributed by atoms with Crippen molar-refractivity contribution >= 4 is 17.4 Å². The molecule has 0 saturated heterocycles. The van der Waals surface area contributed by atoms with Crippen LogP contribution in [-0.4, -0.2) is 41.5 Å². The van der Waals surface area contributed by atoms with E-state index in [1.807, 2.05) is 24.3 Å². The number of para-hydroxylation sites is 2. The van der Waals surface area contributed by atoms with Crippen LogP contribution < -0.4 is 10.1 Å². The monoisotopic (exact) mass is 328 g/mol. The lowest BCUT2D eigenvalue weighted by atomic mass is 10.2. The number of ether oxygens (including phenoxy) is 1. The third-order valence-corrected chi connectivity index (χ3v) is 3.62. The average molecular weight is 328 g/mol. The molecule has 0 atom stereocenters. The van der Waals surface area contributed by atoms with E-state index in [-0.39, 0.29) is 5.91 Å². The zero-order chi connectivity index (χ0) is 17.5. The predicted molar refractivity (Wildman–Crippen MR) is 94.9 cm³/mol.